The number of carboxylic acid groups (broad SMARTS) is 1. The van der Waals surface area contributed by atoms with Crippen LogP contribution in [0.15, 0.2) is 4.99 Å². The third-order valence-corrected chi connectivity index (χ3v) is 5.83. The van der Waals surface area contributed by atoms with Crippen LogP contribution in [-0.4, -0.2) is 83.4 Å². The summed E-state index contributed by atoms with van der Waals surface area (Å²) in [7, 11) is 0. The van der Waals surface area contributed by atoms with Gasteiger partial charge < -0.3 is 44.0 Å². The maximum absolute atomic E-state index is 13.1. The Balaban J connectivity index is 5.39. The van der Waals surface area contributed by atoms with Gasteiger partial charge in [0.15, 0.2) is 5.96 Å². The summed E-state index contributed by atoms with van der Waals surface area (Å²) in [5.74, 6) is -3.42. The molecule has 4 amide bonds. The largest absolute Gasteiger partial charge is 0.480 e. The maximum atomic E-state index is 13.1. The van der Waals surface area contributed by atoms with Crippen LogP contribution in [0.3, 0.4) is 0 Å². The van der Waals surface area contributed by atoms with E-state index in [1.54, 1.807) is 0 Å². The van der Waals surface area contributed by atoms with Crippen LogP contribution in [0.1, 0.15) is 52.4 Å². The summed E-state index contributed by atoms with van der Waals surface area (Å²) < 4.78 is 0. The molecule has 15 heteroatoms. The highest BCUT2D eigenvalue weighted by atomic mass is 32.2. The number of primary amides is 1. The van der Waals surface area contributed by atoms with Crippen molar-refractivity contribution >= 4 is 47.3 Å². The van der Waals surface area contributed by atoms with E-state index in [-0.39, 0.29) is 37.6 Å². The number of aliphatic carboxylic acids is 1. The first-order valence-electron chi connectivity index (χ1n) is 12.0. The van der Waals surface area contributed by atoms with Gasteiger partial charge in [-0.25, -0.2) is 4.79 Å². The van der Waals surface area contributed by atoms with E-state index in [1.807, 2.05) is 20.1 Å². The number of nitrogens with one attached hydrogen (secondary N) is 3. The second-order valence-corrected chi connectivity index (χ2v) is 9.98. The van der Waals surface area contributed by atoms with Crippen LogP contribution in [0.2, 0.25) is 0 Å². The maximum Gasteiger partial charge on any atom is 0.326 e. The lowest BCUT2D eigenvalue weighted by Gasteiger charge is -2.26. The van der Waals surface area contributed by atoms with Crippen LogP contribution in [0.4, 0.5) is 0 Å². The number of aliphatic imine (C=N–C) groups is 1. The highest BCUT2D eigenvalue weighted by Gasteiger charge is 2.30. The first-order chi connectivity index (χ1) is 17.3. The molecule has 0 aromatic rings. The summed E-state index contributed by atoms with van der Waals surface area (Å²) in [5, 5.41) is 17.0. The van der Waals surface area contributed by atoms with Crippen molar-refractivity contribution in [2.45, 2.75) is 76.5 Å². The average Bonchev–Trinajstić information content (AvgIpc) is 2.80. The first-order valence-corrected chi connectivity index (χ1v) is 13.4. The van der Waals surface area contributed by atoms with Crippen molar-refractivity contribution in [2.24, 2.45) is 33.8 Å². The molecule has 37 heavy (non-hydrogen) atoms. The zero-order valence-corrected chi connectivity index (χ0v) is 22.5. The predicted molar refractivity (Wildman–Crippen MR) is 142 cm³/mol. The highest BCUT2D eigenvalue weighted by molar-refractivity contribution is 7.98. The fraction of sp³-hybridized carbons (Fsp3) is 0.727. The number of carboxylic acids is 1. The lowest BCUT2D eigenvalue weighted by molar-refractivity contribution is -0.142. The van der Waals surface area contributed by atoms with Gasteiger partial charge in [-0.2, -0.15) is 11.8 Å². The van der Waals surface area contributed by atoms with Crippen molar-refractivity contribution in [3.8, 4) is 0 Å². The second-order valence-electron chi connectivity index (χ2n) is 8.99. The Bertz CT molecular complexity index is 806. The second kappa shape index (κ2) is 18.2. The fourth-order valence-electron chi connectivity index (χ4n) is 3.23. The van der Waals surface area contributed by atoms with Gasteiger partial charge >= 0.3 is 5.97 Å². The van der Waals surface area contributed by atoms with Crippen LogP contribution < -0.4 is 38.9 Å². The Labute approximate surface area is 221 Å². The summed E-state index contributed by atoms with van der Waals surface area (Å²) in [6, 6.07) is -4.27. The number of nitrogens with zero attached hydrogens (tertiary/aromatic N) is 1. The van der Waals surface area contributed by atoms with E-state index in [2.05, 4.69) is 20.9 Å². The van der Waals surface area contributed by atoms with Gasteiger partial charge in [-0.3, -0.25) is 24.2 Å². The van der Waals surface area contributed by atoms with Crippen LogP contribution in [0, 0.1) is 5.92 Å². The molecule has 4 atom stereocenters. The van der Waals surface area contributed by atoms with Crippen LogP contribution >= 0.6 is 11.8 Å². The molecule has 0 rings (SSSR count). The van der Waals surface area contributed by atoms with Crippen LogP contribution in [0.25, 0.3) is 0 Å². The van der Waals surface area contributed by atoms with Gasteiger partial charge in [-0.15, -0.1) is 0 Å². The number of carbonyl (C=O) groups is 5. The number of carbonyl (C=O) groups excluding carboxylic acids is 4. The van der Waals surface area contributed by atoms with Crippen molar-refractivity contribution < 1.29 is 29.1 Å². The van der Waals surface area contributed by atoms with E-state index in [0.29, 0.717) is 25.1 Å². The average molecular weight is 547 g/mol. The molecule has 0 heterocycles. The van der Waals surface area contributed by atoms with Gasteiger partial charge in [0.1, 0.15) is 18.1 Å². The third-order valence-electron chi connectivity index (χ3n) is 5.18. The molecule has 14 nitrogen and oxygen atoms in total. The zero-order chi connectivity index (χ0) is 28.5. The van der Waals surface area contributed by atoms with Crippen LogP contribution in [0.5, 0.6) is 0 Å². The number of guanidine groups is 1. The molecular weight excluding hydrogens is 504 g/mol. The summed E-state index contributed by atoms with van der Waals surface area (Å²) in [6.45, 7) is 3.98. The van der Waals surface area contributed by atoms with Crippen molar-refractivity contribution in [3.63, 3.8) is 0 Å². The summed E-state index contributed by atoms with van der Waals surface area (Å²) in [5.41, 5.74) is 21.6. The van der Waals surface area contributed by atoms with Gasteiger partial charge in [0.25, 0.3) is 0 Å². The molecule has 0 aromatic heterocycles. The molecule has 4 unspecified atom stereocenters. The number of hydrogen-bond donors (Lipinski definition) is 8. The molecule has 0 aliphatic rings. The molecule has 0 saturated carbocycles. The van der Waals surface area contributed by atoms with Gasteiger partial charge in [0.05, 0.1) is 6.04 Å². The van der Waals surface area contributed by atoms with Crippen LogP contribution in [-0.2, 0) is 24.0 Å². The monoisotopic (exact) mass is 546 g/mol. The Hall–Kier alpha value is -3.07. The molecule has 0 aromatic carbocycles. The smallest absolute Gasteiger partial charge is 0.326 e. The van der Waals surface area contributed by atoms with E-state index < -0.39 is 53.8 Å². The molecule has 0 bridgehead atoms. The molecular formula is C22H42N8O6S. The van der Waals surface area contributed by atoms with E-state index in [4.69, 9.17) is 22.9 Å². The molecule has 212 valence electrons. The minimum absolute atomic E-state index is 0.0252. The van der Waals surface area contributed by atoms with Crippen molar-refractivity contribution in [1.82, 2.24) is 16.0 Å². The van der Waals surface area contributed by atoms with Gasteiger partial charge in [0.2, 0.25) is 23.6 Å². The summed E-state index contributed by atoms with van der Waals surface area (Å²) >= 11 is 1.47. The first kappa shape index (κ1) is 33.9. The number of rotatable bonds is 19. The quantitative estimate of drug-likeness (QED) is 0.0500. The SMILES string of the molecule is CSCCC(NC(=O)C(N)CCCN=C(N)N)C(=O)NC(CC(C)C)C(=O)NC(CCC(N)=O)C(=O)O. The van der Waals surface area contributed by atoms with E-state index in [0.717, 1.165) is 0 Å². The van der Waals surface area contributed by atoms with Crippen molar-refractivity contribution in [2.75, 3.05) is 18.6 Å². The highest BCUT2D eigenvalue weighted by Crippen LogP contribution is 2.09. The minimum Gasteiger partial charge on any atom is -0.480 e. The standard InChI is InChI=1S/C22H42N8O6S/c1-12(2)11-16(20(34)29-15(21(35)36)6-7-17(24)31)30-19(33)14(8-10-37-3)28-18(32)13(23)5-4-9-27-22(25)26/h12-16H,4-11,23H2,1-3H3,(H2,24,31)(H,28,32)(H,29,34)(H,30,33)(H,35,36)(H4,25,26,27). The molecule has 0 saturated heterocycles. The van der Waals surface area contributed by atoms with Gasteiger partial charge in [-0.05, 0) is 50.0 Å². The Kier molecular flexibility index (Phi) is 16.7. The molecule has 0 aliphatic heterocycles. The van der Waals surface area contributed by atoms with Gasteiger partial charge in [-0.1, -0.05) is 13.8 Å². The lowest BCUT2D eigenvalue weighted by Crippen LogP contribution is -2.57. The minimum atomic E-state index is -1.35. The molecule has 0 aliphatic carbocycles. The Morgan fingerprint density at radius 2 is 1.43 bits per heavy atom. The number of hydrogen-bond acceptors (Lipinski definition) is 8. The fourth-order valence-corrected chi connectivity index (χ4v) is 3.70. The van der Waals surface area contributed by atoms with Crippen molar-refractivity contribution in [1.29, 1.82) is 0 Å². The summed E-state index contributed by atoms with van der Waals surface area (Å²) in [4.78, 5) is 65.0. The third kappa shape index (κ3) is 15.6. The van der Waals surface area contributed by atoms with E-state index >= 15 is 0 Å². The summed E-state index contributed by atoms with van der Waals surface area (Å²) in [6.07, 6.45) is 2.68. The predicted octanol–water partition coefficient (Wildman–Crippen LogP) is -2.03. The molecule has 0 spiro atoms. The van der Waals surface area contributed by atoms with Crippen molar-refractivity contribution in [3.05, 3.63) is 0 Å². The normalized spacial score (nSPS) is 14.1. The van der Waals surface area contributed by atoms with Gasteiger partial charge in [0, 0.05) is 13.0 Å². The Morgan fingerprint density at radius 1 is 0.865 bits per heavy atom. The Morgan fingerprint density at radius 3 is 1.95 bits per heavy atom. The molecule has 0 radical (unpaired) electrons. The molecule has 0 fully saturated rings. The number of nitrogens with two attached hydrogens (primary N) is 4. The number of amides is 4. The lowest BCUT2D eigenvalue weighted by atomic mass is 10.0. The van der Waals surface area contributed by atoms with E-state index in [9.17, 15) is 29.1 Å². The molecule has 12 N–H and O–H groups in total. The van der Waals surface area contributed by atoms with E-state index in [1.165, 1.54) is 11.8 Å². The topological polar surface area (TPSA) is 258 Å². The number of thioether (sulfide) groups is 1. The zero-order valence-electron chi connectivity index (χ0n) is 21.7.